The average Bonchev–Trinajstić information content (AvgIpc) is 2.15. The minimum absolute atomic E-state index is 0.389. The van der Waals surface area contributed by atoms with E-state index in [-0.39, 0.29) is 6.10 Å². The number of rotatable bonds is 4. The summed E-state index contributed by atoms with van der Waals surface area (Å²) >= 11 is 0. The monoisotopic (exact) mass is 177 g/mol. The Kier molecular flexibility index (Phi) is 3.65. The van der Waals surface area contributed by atoms with E-state index in [1.807, 2.05) is 19.1 Å². The van der Waals surface area contributed by atoms with E-state index in [1.54, 1.807) is 12.4 Å². The number of allylic oxidation sites excluding steroid dienone is 1. The Morgan fingerprint density at radius 3 is 2.69 bits per heavy atom. The molecular weight excluding hydrogens is 162 g/mol. The van der Waals surface area contributed by atoms with Gasteiger partial charge in [0.05, 0.1) is 6.10 Å². The van der Waals surface area contributed by atoms with Crippen LogP contribution in [0.4, 0.5) is 0 Å². The third-order valence-electron chi connectivity index (χ3n) is 1.94. The first-order valence-corrected chi connectivity index (χ1v) is 4.42. The molecule has 0 amide bonds. The zero-order valence-electron chi connectivity index (χ0n) is 7.90. The summed E-state index contributed by atoms with van der Waals surface area (Å²) in [6.07, 6.45) is 4.60. The lowest BCUT2D eigenvalue weighted by Gasteiger charge is -2.09. The second-order valence-electron chi connectivity index (χ2n) is 3.29. The van der Waals surface area contributed by atoms with Crippen molar-refractivity contribution in [3.8, 4) is 0 Å². The summed E-state index contributed by atoms with van der Waals surface area (Å²) in [5.41, 5.74) is 2.03. The molecule has 0 saturated heterocycles. The van der Waals surface area contributed by atoms with Crippen LogP contribution in [0.1, 0.15) is 31.4 Å². The van der Waals surface area contributed by atoms with Crippen molar-refractivity contribution < 1.29 is 5.11 Å². The molecule has 0 saturated carbocycles. The minimum atomic E-state index is -0.389. The van der Waals surface area contributed by atoms with Gasteiger partial charge in [-0.25, -0.2) is 0 Å². The van der Waals surface area contributed by atoms with Gasteiger partial charge in [0.25, 0.3) is 0 Å². The van der Waals surface area contributed by atoms with Gasteiger partial charge in [-0.05, 0) is 37.5 Å². The number of hydrogen-bond donors (Lipinski definition) is 1. The number of aromatic nitrogens is 1. The van der Waals surface area contributed by atoms with Crippen LogP contribution in [-0.4, -0.2) is 10.1 Å². The molecule has 1 heterocycles. The molecule has 1 N–H and O–H groups in total. The van der Waals surface area contributed by atoms with Crippen molar-refractivity contribution in [1.29, 1.82) is 0 Å². The summed E-state index contributed by atoms with van der Waals surface area (Å²) in [5.74, 6) is 0. The first kappa shape index (κ1) is 9.93. The number of pyridine rings is 1. The molecule has 0 bridgehead atoms. The highest BCUT2D eigenvalue weighted by atomic mass is 16.3. The van der Waals surface area contributed by atoms with E-state index in [9.17, 15) is 5.11 Å². The predicted octanol–water partition coefficient (Wildman–Crippen LogP) is 2.47. The van der Waals surface area contributed by atoms with Crippen LogP contribution in [0.2, 0.25) is 0 Å². The maximum absolute atomic E-state index is 9.70. The molecule has 0 radical (unpaired) electrons. The SMILES string of the molecule is C=C(C)CCC(O)c1ccncc1. The van der Waals surface area contributed by atoms with Gasteiger partial charge in [-0.15, -0.1) is 6.58 Å². The van der Waals surface area contributed by atoms with Gasteiger partial charge >= 0.3 is 0 Å². The number of hydrogen-bond acceptors (Lipinski definition) is 2. The quantitative estimate of drug-likeness (QED) is 0.717. The maximum Gasteiger partial charge on any atom is 0.0794 e. The van der Waals surface area contributed by atoms with Gasteiger partial charge in [0, 0.05) is 12.4 Å². The molecule has 1 atom stereocenters. The van der Waals surface area contributed by atoms with Crippen molar-refractivity contribution in [3.63, 3.8) is 0 Å². The summed E-state index contributed by atoms with van der Waals surface area (Å²) in [5, 5.41) is 9.70. The number of aliphatic hydroxyl groups excluding tert-OH is 1. The van der Waals surface area contributed by atoms with Crippen LogP contribution in [-0.2, 0) is 0 Å². The van der Waals surface area contributed by atoms with E-state index in [0.29, 0.717) is 0 Å². The molecule has 1 aromatic rings. The van der Waals surface area contributed by atoms with E-state index < -0.39 is 0 Å². The fourth-order valence-corrected chi connectivity index (χ4v) is 1.14. The Morgan fingerprint density at radius 2 is 2.15 bits per heavy atom. The van der Waals surface area contributed by atoms with Crippen LogP contribution < -0.4 is 0 Å². The summed E-state index contributed by atoms with van der Waals surface area (Å²) in [7, 11) is 0. The second-order valence-corrected chi connectivity index (χ2v) is 3.29. The van der Waals surface area contributed by atoms with Crippen LogP contribution in [0, 0.1) is 0 Å². The second kappa shape index (κ2) is 4.77. The highest BCUT2D eigenvalue weighted by Gasteiger charge is 2.05. The lowest BCUT2D eigenvalue weighted by molar-refractivity contribution is 0.167. The molecule has 1 unspecified atom stereocenters. The van der Waals surface area contributed by atoms with Crippen molar-refractivity contribution in [3.05, 3.63) is 42.2 Å². The summed E-state index contributed by atoms with van der Waals surface area (Å²) in [6.45, 7) is 5.77. The highest BCUT2D eigenvalue weighted by molar-refractivity contribution is 5.13. The molecule has 2 nitrogen and oxygen atoms in total. The van der Waals surface area contributed by atoms with Gasteiger partial charge in [-0.2, -0.15) is 0 Å². The first-order valence-electron chi connectivity index (χ1n) is 4.42. The van der Waals surface area contributed by atoms with Crippen molar-refractivity contribution >= 4 is 0 Å². The van der Waals surface area contributed by atoms with Crippen LogP contribution in [0.5, 0.6) is 0 Å². The van der Waals surface area contributed by atoms with Crippen LogP contribution in [0.25, 0.3) is 0 Å². The standard InChI is InChI=1S/C11H15NO/c1-9(2)3-4-11(13)10-5-7-12-8-6-10/h5-8,11,13H,1,3-4H2,2H3. The van der Waals surface area contributed by atoms with Gasteiger partial charge in [-0.1, -0.05) is 5.57 Å². The van der Waals surface area contributed by atoms with Crippen LogP contribution >= 0.6 is 0 Å². The predicted molar refractivity (Wildman–Crippen MR) is 53.2 cm³/mol. The van der Waals surface area contributed by atoms with Crippen LogP contribution in [0.15, 0.2) is 36.7 Å². The van der Waals surface area contributed by atoms with Crippen molar-refractivity contribution in [1.82, 2.24) is 4.98 Å². The Labute approximate surface area is 78.9 Å². The Morgan fingerprint density at radius 1 is 1.54 bits per heavy atom. The van der Waals surface area contributed by atoms with E-state index in [1.165, 1.54) is 0 Å². The smallest absolute Gasteiger partial charge is 0.0794 e. The Balaban J connectivity index is 2.49. The minimum Gasteiger partial charge on any atom is -0.388 e. The molecule has 0 aliphatic carbocycles. The largest absolute Gasteiger partial charge is 0.388 e. The van der Waals surface area contributed by atoms with Gasteiger partial charge in [-0.3, -0.25) is 4.98 Å². The normalized spacial score (nSPS) is 12.5. The summed E-state index contributed by atoms with van der Waals surface area (Å²) < 4.78 is 0. The molecule has 0 aliphatic rings. The molecule has 0 fully saturated rings. The summed E-state index contributed by atoms with van der Waals surface area (Å²) in [6, 6.07) is 3.67. The summed E-state index contributed by atoms with van der Waals surface area (Å²) in [4.78, 5) is 3.89. The van der Waals surface area contributed by atoms with Gasteiger partial charge in [0.15, 0.2) is 0 Å². The third kappa shape index (κ3) is 3.38. The molecule has 1 rings (SSSR count). The van der Waals surface area contributed by atoms with Gasteiger partial charge in [0.2, 0.25) is 0 Å². The molecule has 70 valence electrons. The molecule has 0 aliphatic heterocycles. The van der Waals surface area contributed by atoms with Crippen molar-refractivity contribution in [2.45, 2.75) is 25.9 Å². The molecule has 1 aromatic heterocycles. The van der Waals surface area contributed by atoms with Crippen LogP contribution in [0.3, 0.4) is 0 Å². The fourth-order valence-electron chi connectivity index (χ4n) is 1.14. The van der Waals surface area contributed by atoms with Gasteiger partial charge in [0.1, 0.15) is 0 Å². The highest BCUT2D eigenvalue weighted by Crippen LogP contribution is 2.18. The van der Waals surface area contributed by atoms with Gasteiger partial charge < -0.3 is 5.11 Å². The Hall–Kier alpha value is -1.15. The first-order chi connectivity index (χ1) is 6.20. The number of aliphatic hydroxyl groups is 1. The lowest BCUT2D eigenvalue weighted by Crippen LogP contribution is -1.97. The zero-order chi connectivity index (χ0) is 9.68. The molecule has 0 aromatic carbocycles. The third-order valence-corrected chi connectivity index (χ3v) is 1.94. The van der Waals surface area contributed by atoms with Crippen molar-refractivity contribution in [2.75, 3.05) is 0 Å². The van der Waals surface area contributed by atoms with E-state index >= 15 is 0 Å². The topological polar surface area (TPSA) is 33.1 Å². The van der Waals surface area contributed by atoms with Crippen molar-refractivity contribution in [2.24, 2.45) is 0 Å². The molecule has 2 heteroatoms. The molecular formula is C11H15NO. The number of nitrogens with zero attached hydrogens (tertiary/aromatic N) is 1. The molecule has 13 heavy (non-hydrogen) atoms. The zero-order valence-corrected chi connectivity index (χ0v) is 7.90. The molecule has 0 spiro atoms. The lowest BCUT2D eigenvalue weighted by atomic mass is 10.0. The van der Waals surface area contributed by atoms with E-state index in [4.69, 9.17) is 0 Å². The van der Waals surface area contributed by atoms with E-state index in [0.717, 1.165) is 24.0 Å². The fraction of sp³-hybridized carbons (Fsp3) is 0.364. The maximum atomic E-state index is 9.70. The average molecular weight is 177 g/mol. The van der Waals surface area contributed by atoms with E-state index in [2.05, 4.69) is 11.6 Å². The Bertz CT molecular complexity index is 269.